The fourth-order valence-electron chi connectivity index (χ4n) is 0.708. The number of carbonyl (C=O) groups excluding carboxylic acids is 1. The molecule has 0 spiro atoms. The molecule has 0 fully saturated rings. The number of nitrogens with zero attached hydrogens (tertiary/aromatic N) is 2. The smallest absolute Gasteiger partial charge is 0.351 e. The number of thioether (sulfide) groups is 1. The van der Waals surface area contributed by atoms with Gasteiger partial charge in [0.1, 0.15) is 5.03 Å². The Bertz CT molecular complexity index is 297. The summed E-state index contributed by atoms with van der Waals surface area (Å²) in [6, 6.07) is 0. The molecule has 1 unspecified atom stereocenters. The number of hydrogen-bond donors (Lipinski definition) is 0. The second-order valence-corrected chi connectivity index (χ2v) is 3.30. The minimum Gasteiger partial charge on any atom is -0.463 e. The summed E-state index contributed by atoms with van der Waals surface area (Å²) in [7, 11) is 0. The van der Waals surface area contributed by atoms with E-state index in [4.69, 9.17) is 0 Å². The Labute approximate surface area is 84.9 Å². The molecule has 0 aliphatic carbocycles. The number of rotatable bonds is 4. The van der Waals surface area contributed by atoms with E-state index in [-0.39, 0.29) is 6.61 Å². The Morgan fingerprint density at radius 3 is 3.07 bits per heavy atom. The van der Waals surface area contributed by atoms with Crippen molar-refractivity contribution < 1.29 is 13.9 Å². The van der Waals surface area contributed by atoms with Gasteiger partial charge in [-0.1, -0.05) is 11.8 Å². The highest BCUT2D eigenvalue weighted by Crippen LogP contribution is 2.21. The van der Waals surface area contributed by atoms with Crippen LogP contribution >= 0.6 is 11.8 Å². The fourth-order valence-corrected chi connectivity index (χ4v) is 1.33. The van der Waals surface area contributed by atoms with Gasteiger partial charge in [-0.25, -0.2) is 14.2 Å². The second kappa shape index (κ2) is 5.54. The van der Waals surface area contributed by atoms with Crippen molar-refractivity contribution in [1.82, 2.24) is 9.97 Å². The number of alkyl halides is 1. The summed E-state index contributed by atoms with van der Waals surface area (Å²) >= 11 is 0.677. The number of halogens is 1. The van der Waals surface area contributed by atoms with E-state index in [0.29, 0.717) is 16.8 Å². The third kappa shape index (κ3) is 3.29. The molecular formula is C8H9FN2O2S. The van der Waals surface area contributed by atoms with E-state index < -0.39 is 11.5 Å². The monoisotopic (exact) mass is 216 g/mol. The lowest BCUT2D eigenvalue weighted by molar-refractivity contribution is -0.145. The van der Waals surface area contributed by atoms with Crippen molar-refractivity contribution in [1.29, 1.82) is 0 Å². The first-order chi connectivity index (χ1) is 6.74. The van der Waals surface area contributed by atoms with Crippen LogP contribution < -0.4 is 0 Å². The Balaban J connectivity index is 2.49. The van der Waals surface area contributed by atoms with Gasteiger partial charge in [-0.15, -0.1) is 0 Å². The Kier molecular flexibility index (Phi) is 4.31. The zero-order chi connectivity index (χ0) is 10.4. The molecule has 1 rings (SSSR count). The van der Waals surface area contributed by atoms with E-state index in [1.807, 2.05) is 0 Å². The number of carbonyl (C=O) groups is 1. The molecule has 1 atom stereocenters. The van der Waals surface area contributed by atoms with E-state index in [1.165, 1.54) is 18.6 Å². The van der Waals surface area contributed by atoms with Gasteiger partial charge < -0.3 is 4.74 Å². The predicted octanol–water partition coefficient (Wildman–Crippen LogP) is 1.43. The molecular weight excluding hydrogens is 207 g/mol. The molecule has 0 aromatic carbocycles. The first kappa shape index (κ1) is 10.9. The molecule has 0 saturated carbocycles. The summed E-state index contributed by atoms with van der Waals surface area (Å²) in [4.78, 5) is 18.4. The van der Waals surface area contributed by atoms with Crippen LogP contribution in [0.15, 0.2) is 23.6 Å². The maximum Gasteiger partial charge on any atom is 0.351 e. The summed E-state index contributed by atoms with van der Waals surface area (Å²) in [5.74, 6) is -0.886. The molecule has 0 aliphatic rings. The van der Waals surface area contributed by atoms with Crippen LogP contribution in [0, 0.1) is 0 Å². The van der Waals surface area contributed by atoms with Crippen LogP contribution in [0.1, 0.15) is 6.92 Å². The summed E-state index contributed by atoms with van der Waals surface area (Å²) in [5.41, 5.74) is -1.74. The molecule has 0 N–H and O–H groups in total. The van der Waals surface area contributed by atoms with E-state index in [0.717, 1.165) is 0 Å². The predicted molar refractivity (Wildman–Crippen MR) is 49.4 cm³/mol. The van der Waals surface area contributed by atoms with E-state index in [9.17, 15) is 9.18 Å². The van der Waals surface area contributed by atoms with Crippen LogP contribution in [0.4, 0.5) is 4.39 Å². The van der Waals surface area contributed by atoms with Crippen molar-refractivity contribution in [2.24, 2.45) is 0 Å². The highest BCUT2D eigenvalue weighted by Gasteiger charge is 2.20. The molecule has 0 bridgehead atoms. The molecule has 1 aromatic rings. The average Bonchev–Trinajstić information content (AvgIpc) is 2.19. The zero-order valence-corrected chi connectivity index (χ0v) is 8.33. The lowest BCUT2D eigenvalue weighted by Gasteiger charge is -2.05. The Morgan fingerprint density at radius 2 is 2.50 bits per heavy atom. The highest BCUT2D eigenvalue weighted by atomic mass is 32.2. The topological polar surface area (TPSA) is 52.1 Å². The largest absolute Gasteiger partial charge is 0.463 e. The summed E-state index contributed by atoms with van der Waals surface area (Å²) in [6.45, 7) is 1.79. The van der Waals surface area contributed by atoms with Gasteiger partial charge in [0.15, 0.2) is 0 Å². The maximum absolute atomic E-state index is 13.1. The van der Waals surface area contributed by atoms with Crippen molar-refractivity contribution >= 4 is 17.7 Å². The van der Waals surface area contributed by atoms with Crippen LogP contribution in [0.5, 0.6) is 0 Å². The van der Waals surface area contributed by atoms with Crippen molar-refractivity contribution in [2.75, 3.05) is 6.61 Å². The lowest BCUT2D eigenvalue weighted by atomic mass is 10.7. The van der Waals surface area contributed by atoms with E-state index >= 15 is 0 Å². The molecule has 0 aliphatic heterocycles. The molecule has 1 aromatic heterocycles. The first-order valence-corrected chi connectivity index (χ1v) is 4.85. The third-order valence-corrected chi connectivity index (χ3v) is 2.09. The van der Waals surface area contributed by atoms with Crippen LogP contribution in [0.25, 0.3) is 0 Å². The van der Waals surface area contributed by atoms with Crippen LogP contribution in [0.3, 0.4) is 0 Å². The lowest BCUT2D eigenvalue weighted by Crippen LogP contribution is -2.15. The zero-order valence-electron chi connectivity index (χ0n) is 7.51. The first-order valence-electron chi connectivity index (χ1n) is 3.97. The number of hydrogen-bond acceptors (Lipinski definition) is 5. The molecule has 0 radical (unpaired) electrons. The van der Waals surface area contributed by atoms with Gasteiger partial charge in [0.05, 0.1) is 12.8 Å². The standard InChI is InChI=1S/C8H9FN2O2S/c1-2-13-8(12)7(9)14-6-5-10-3-4-11-6/h3-5,7H,2H2,1H3. The van der Waals surface area contributed by atoms with Gasteiger partial charge in [0, 0.05) is 12.4 Å². The Hall–Kier alpha value is -1.17. The minimum atomic E-state index is -1.74. The van der Waals surface area contributed by atoms with Crippen LogP contribution in [0.2, 0.25) is 0 Å². The number of esters is 1. The molecule has 6 heteroatoms. The molecule has 4 nitrogen and oxygen atoms in total. The molecule has 14 heavy (non-hydrogen) atoms. The normalized spacial score (nSPS) is 12.1. The molecule has 0 saturated heterocycles. The van der Waals surface area contributed by atoms with Crippen molar-refractivity contribution in [2.45, 2.75) is 17.5 Å². The van der Waals surface area contributed by atoms with Gasteiger partial charge >= 0.3 is 5.97 Å². The van der Waals surface area contributed by atoms with Crippen molar-refractivity contribution in [3.63, 3.8) is 0 Å². The van der Waals surface area contributed by atoms with Gasteiger partial charge in [0.25, 0.3) is 0 Å². The van der Waals surface area contributed by atoms with Crippen LogP contribution in [-0.2, 0) is 9.53 Å². The van der Waals surface area contributed by atoms with Gasteiger partial charge in [0.2, 0.25) is 5.50 Å². The van der Waals surface area contributed by atoms with Gasteiger partial charge in [-0.2, -0.15) is 0 Å². The minimum absolute atomic E-state index is 0.167. The van der Waals surface area contributed by atoms with Crippen molar-refractivity contribution in [3.05, 3.63) is 18.6 Å². The number of ether oxygens (including phenoxy) is 1. The second-order valence-electron chi connectivity index (χ2n) is 2.23. The summed E-state index contributed by atoms with van der Waals surface area (Å²) in [5, 5.41) is 0.355. The summed E-state index contributed by atoms with van der Waals surface area (Å²) in [6.07, 6.45) is 4.29. The fraction of sp³-hybridized carbons (Fsp3) is 0.375. The maximum atomic E-state index is 13.1. The third-order valence-electron chi connectivity index (χ3n) is 1.24. The SMILES string of the molecule is CCOC(=O)C(F)Sc1cnccn1. The Morgan fingerprint density at radius 1 is 1.71 bits per heavy atom. The summed E-state index contributed by atoms with van der Waals surface area (Å²) < 4.78 is 17.6. The van der Waals surface area contributed by atoms with Gasteiger partial charge in [-0.3, -0.25) is 4.98 Å². The molecule has 0 amide bonds. The van der Waals surface area contributed by atoms with Crippen LogP contribution in [-0.4, -0.2) is 28.0 Å². The highest BCUT2D eigenvalue weighted by molar-refractivity contribution is 8.00. The molecule has 1 heterocycles. The van der Waals surface area contributed by atoms with Crippen molar-refractivity contribution in [3.8, 4) is 0 Å². The average molecular weight is 216 g/mol. The number of aromatic nitrogens is 2. The van der Waals surface area contributed by atoms with Gasteiger partial charge in [-0.05, 0) is 6.92 Å². The molecule has 76 valence electrons. The van der Waals surface area contributed by atoms with E-state index in [1.54, 1.807) is 6.92 Å². The van der Waals surface area contributed by atoms with E-state index in [2.05, 4.69) is 14.7 Å². The quantitative estimate of drug-likeness (QED) is 0.563.